The Kier molecular flexibility index (Phi) is 5.39. The number of benzene rings is 2. The lowest BCUT2D eigenvalue weighted by Crippen LogP contribution is -2.44. The number of alkyl halides is 3. The first-order chi connectivity index (χ1) is 16.5. The molecule has 35 heavy (non-hydrogen) atoms. The van der Waals surface area contributed by atoms with Crippen molar-refractivity contribution in [3.63, 3.8) is 0 Å². The molecule has 5 rings (SSSR count). The van der Waals surface area contributed by atoms with Crippen molar-refractivity contribution in [2.45, 2.75) is 38.4 Å². The zero-order valence-corrected chi connectivity index (χ0v) is 20.0. The molecule has 0 N–H and O–H groups in total. The molecule has 1 fully saturated rings. The largest absolute Gasteiger partial charge is 0.417 e. The summed E-state index contributed by atoms with van der Waals surface area (Å²) in [5.74, 6) is 0.280. The van der Waals surface area contributed by atoms with Gasteiger partial charge in [0.1, 0.15) is 5.82 Å². The van der Waals surface area contributed by atoms with Gasteiger partial charge in [0.15, 0.2) is 0 Å². The van der Waals surface area contributed by atoms with Gasteiger partial charge in [-0.3, -0.25) is 4.79 Å². The number of likely N-dealkylation sites (tertiary alicyclic amines) is 1. The number of hydrogen-bond acceptors (Lipinski definition) is 4. The first kappa shape index (κ1) is 23.3. The van der Waals surface area contributed by atoms with E-state index in [1.165, 1.54) is 23.3 Å². The molecule has 7 nitrogen and oxygen atoms in total. The molecule has 0 spiro atoms. The first-order valence-corrected chi connectivity index (χ1v) is 11.4. The van der Waals surface area contributed by atoms with Crippen LogP contribution in [-0.4, -0.2) is 41.9 Å². The van der Waals surface area contributed by atoms with Gasteiger partial charge >= 0.3 is 6.18 Å². The van der Waals surface area contributed by atoms with Crippen molar-refractivity contribution in [3.05, 3.63) is 70.3 Å². The molecule has 182 valence electrons. The summed E-state index contributed by atoms with van der Waals surface area (Å²) >= 11 is 5.94. The van der Waals surface area contributed by atoms with Gasteiger partial charge in [-0.25, -0.2) is 4.98 Å². The number of aromatic nitrogens is 5. The lowest BCUT2D eigenvalue weighted by atomic mass is 9.96. The maximum absolute atomic E-state index is 13.9. The lowest BCUT2D eigenvalue weighted by molar-refractivity contribution is -0.137. The van der Waals surface area contributed by atoms with Crippen molar-refractivity contribution < 1.29 is 18.0 Å². The fourth-order valence-corrected chi connectivity index (χ4v) is 5.18. The molecule has 11 heteroatoms. The topological polar surface area (TPSA) is 68.8 Å². The number of rotatable bonds is 3. The zero-order chi connectivity index (χ0) is 25.1. The van der Waals surface area contributed by atoms with Gasteiger partial charge in [0.25, 0.3) is 5.91 Å². The van der Waals surface area contributed by atoms with Crippen molar-refractivity contribution in [1.82, 2.24) is 29.4 Å². The van der Waals surface area contributed by atoms with Gasteiger partial charge in [0, 0.05) is 13.6 Å². The van der Waals surface area contributed by atoms with Crippen LogP contribution in [0.4, 0.5) is 13.2 Å². The standard InChI is InChI=1S/C24H22ClF3N6O/c1-14-5-6-19(34-29-8-9-30-34)15(11-14)21(35)33-10-4-7-23(33,2)22-31-18-13-17(25)16(24(26,27)28)12-20(18)32(22)3/h5-6,8-9,11-13H,4,7,10H2,1-3H3/t23-/m0/s1. The highest BCUT2D eigenvalue weighted by atomic mass is 35.5. The molecular formula is C24H22ClF3N6O. The number of nitrogens with zero attached hydrogens (tertiary/aromatic N) is 6. The minimum absolute atomic E-state index is 0.220. The normalized spacial score (nSPS) is 18.5. The number of hydrogen-bond donors (Lipinski definition) is 0. The summed E-state index contributed by atoms with van der Waals surface area (Å²) < 4.78 is 42.0. The van der Waals surface area contributed by atoms with Gasteiger partial charge in [-0.1, -0.05) is 23.2 Å². The molecule has 1 aliphatic rings. The van der Waals surface area contributed by atoms with E-state index in [0.717, 1.165) is 18.1 Å². The minimum atomic E-state index is -4.59. The predicted molar refractivity (Wildman–Crippen MR) is 124 cm³/mol. The second-order valence-electron chi connectivity index (χ2n) is 8.99. The van der Waals surface area contributed by atoms with Crippen LogP contribution in [-0.2, 0) is 18.8 Å². The highest BCUT2D eigenvalue weighted by Gasteiger charge is 2.45. The monoisotopic (exact) mass is 502 g/mol. The van der Waals surface area contributed by atoms with Gasteiger partial charge < -0.3 is 9.47 Å². The fourth-order valence-electron chi connectivity index (χ4n) is 4.91. The maximum atomic E-state index is 13.9. The van der Waals surface area contributed by atoms with E-state index in [0.29, 0.717) is 41.1 Å². The Balaban J connectivity index is 1.61. The van der Waals surface area contributed by atoms with E-state index in [2.05, 4.69) is 15.2 Å². The number of amides is 1. The van der Waals surface area contributed by atoms with Crippen LogP contribution in [0, 0.1) is 6.92 Å². The molecule has 1 atom stereocenters. The van der Waals surface area contributed by atoms with E-state index in [1.54, 1.807) is 28.6 Å². The highest BCUT2D eigenvalue weighted by molar-refractivity contribution is 6.32. The van der Waals surface area contributed by atoms with Crippen molar-refractivity contribution in [2.24, 2.45) is 7.05 Å². The van der Waals surface area contributed by atoms with Gasteiger partial charge in [0.05, 0.1) is 50.8 Å². The first-order valence-electron chi connectivity index (χ1n) is 11.0. The Morgan fingerprint density at radius 2 is 1.86 bits per heavy atom. The summed E-state index contributed by atoms with van der Waals surface area (Å²) in [6.07, 6.45) is -0.184. The van der Waals surface area contributed by atoms with E-state index in [-0.39, 0.29) is 5.91 Å². The Morgan fingerprint density at radius 3 is 2.54 bits per heavy atom. The Bertz CT molecular complexity index is 1450. The highest BCUT2D eigenvalue weighted by Crippen LogP contribution is 2.42. The van der Waals surface area contributed by atoms with E-state index < -0.39 is 22.3 Å². The van der Waals surface area contributed by atoms with Gasteiger partial charge in [-0.15, -0.1) is 0 Å². The predicted octanol–water partition coefficient (Wildman–Crippen LogP) is 5.29. The van der Waals surface area contributed by atoms with Crippen molar-refractivity contribution in [3.8, 4) is 5.69 Å². The van der Waals surface area contributed by atoms with Crippen molar-refractivity contribution >= 4 is 28.5 Å². The molecule has 0 unspecified atom stereocenters. The summed E-state index contributed by atoms with van der Waals surface area (Å²) in [7, 11) is 1.66. The molecule has 0 radical (unpaired) electrons. The number of carbonyl (C=O) groups is 1. The van der Waals surface area contributed by atoms with Crippen LogP contribution in [0.2, 0.25) is 5.02 Å². The number of aryl methyl sites for hydroxylation is 2. The van der Waals surface area contributed by atoms with Crippen LogP contribution < -0.4 is 0 Å². The lowest BCUT2D eigenvalue weighted by Gasteiger charge is -2.35. The molecule has 1 aliphatic heterocycles. The van der Waals surface area contributed by atoms with Gasteiger partial charge in [-0.2, -0.15) is 28.2 Å². The second kappa shape index (κ2) is 8.08. The third kappa shape index (κ3) is 3.76. The molecule has 0 saturated carbocycles. The second-order valence-corrected chi connectivity index (χ2v) is 9.39. The summed E-state index contributed by atoms with van der Waals surface area (Å²) in [5, 5.41) is 7.94. The van der Waals surface area contributed by atoms with Crippen molar-refractivity contribution in [2.75, 3.05) is 6.54 Å². The third-order valence-corrected chi connectivity index (χ3v) is 6.97. The average molecular weight is 503 g/mol. The maximum Gasteiger partial charge on any atom is 0.417 e. The molecule has 2 aromatic heterocycles. The van der Waals surface area contributed by atoms with Gasteiger partial charge in [-0.05, 0) is 51.0 Å². The van der Waals surface area contributed by atoms with Gasteiger partial charge in [0.2, 0.25) is 0 Å². The Labute approximate surface area is 204 Å². The van der Waals surface area contributed by atoms with Crippen LogP contribution >= 0.6 is 11.6 Å². The zero-order valence-electron chi connectivity index (χ0n) is 19.3. The molecule has 0 aliphatic carbocycles. The number of halogens is 4. The van der Waals surface area contributed by atoms with Crippen LogP contribution in [0.3, 0.4) is 0 Å². The quantitative estimate of drug-likeness (QED) is 0.382. The molecule has 2 aromatic carbocycles. The van der Waals surface area contributed by atoms with Crippen LogP contribution in [0.25, 0.3) is 16.7 Å². The van der Waals surface area contributed by atoms with E-state index in [4.69, 9.17) is 11.6 Å². The summed E-state index contributed by atoms with van der Waals surface area (Å²) in [6, 6.07) is 7.72. The number of fused-ring (bicyclic) bond motifs is 1. The van der Waals surface area contributed by atoms with Crippen LogP contribution in [0.1, 0.15) is 47.1 Å². The van der Waals surface area contributed by atoms with Crippen molar-refractivity contribution in [1.29, 1.82) is 0 Å². The van der Waals surface area contributed by atoms with E-state index >= 15 is 0 Å². The Hall–Kier alpha value is -3.40. The number of carbonyl (C=O) groups excluding carboxylic acids is 1. The molecule has 1 amide bonds. The SMILES string of the molecule is Cc1ccc(-n2nccn2)c(C(=O)N2CCC[C@@]2(C)c2nc3cc(Cl)c(C(F)(F)F)cc3n2C)c1. The molecule has 3 heterocycles. The van der Waals surface area contributed by atoms with Crippen LogP contribution in [0.5, 0.6) is 0 Å². The third-order valence-electron chi connectivity index (χ3n) is 6.66. The smallest absolute Gasteiger partial charge is 0.329 e. The van der Waals surface area contributed by atoms with Crippen LogP contribution in [0.15, 0.2) is 42.7 Å². The van der Waals surface area contributed by atoms with E-state index in [1.807, 2.05) is 19.9 Å². The molecule has 1 saturated heterocycles. The molecule has 4 aromatic rings. The summed E-state index contributed by atoms with van der Waals surface area (Å²) in [5.41, 5.74) is 0.784. The van der Waals surface area contributed by atoms with E-state index in [9.17, 15) is 18.0 Å². The molecule has 0 bridgehead atoms. The Morgan fingerprint density at radius 1 is 1.14 bits per heavy atom. The minimum Gasteiger partial charge on any atom is -0.329 e. The fraction of sp³-hybridized carbons (Fsp3) is 0.333. The average Bonchev–Trinajstić information content (AvgIpc) is 3.52. The summed E-state index contributed by atoms with van der Waals surface area (Å²) in [6.45, 7) is 4.27. The molecular weight excluding hydrogens is 481 g/mol. The number of imidazole rings is 1. The summed E-state index contributed by atoms with van der Waals surface area (Å²) in [4.78, 5) is 21.7.